The molecule has 0 fully saturated rings. The van der Waals surface area contributed by atoms with Crippen LogP contribution in [0.2, 0.25) is 0 Å². The van der Waals surface area contributed by atoms with Crippen LogP contribution in [-0.4, -0.2) is 0 Å². The van der Waals surface area contributed by atoms with Crippen LogP contribution in [0, 0.1) is 17.7 Å². The molecule has 0 unspecified atom stereocenters. The highest BCUT2D eigenvalue weighted by Crippen LogP contribution is 2.21. The molecule has 2 rings (SSSR count). The third-order valence-corrected chi connectivity index (χ3v) is 1.73. The van der Waals surface area contributed by atoms with Gasteiger partial charge in [-0.3, -0.25) is 0 Å². The van der Waals surface area contributed by atoms with Crippen molar-refractivity contribution < 1.29 is 8.78 Å². The van der Waals surface area contributed by atoms with Crippen LogP contribution < -0.4 is 0 Å². The van der Waals surface area contributed by atoms with E-state index in [1.165, 1.54) is 12.1 Å². The fraction of sp³-hybridized carbons (Fsp3) is 0.111. The summed E-state index contributed by atoms with van der Waals surface area (Å²) in [6.07, 6.45) is 5.15. The van der Waals surface area contributed by atoms with Crippen LogP contribution in [0.15, 0.2) is 12.1 Å². The van der Waals surface area contributed by atoms with Gasteiger partial charge in [-0.25, -0.2) is 8.78 Å². The summed E-state index contributed by atoms with van der Waals surface area (Å²) in [5.74, 6) is -1.57. The summed E-state index contributed by atoms with van der Waals surface area (Å²) in [7, 11) is 0. The third-order valence-electron chi connectivity index (χ3n) is 1.73. The summed E-state index contributed by atoms with van der Waals surface area (Å²) in [6, 6.07) is 2.42. The molecule has 1 aliphatic carbocycles. The molecule has 1 radical (unpaired) electrons. The number of halogens is 2. The van der Waals surface area contributed by atoms with Crippen LogP contribution in [0.1, 0.15) is 11.1 Å². The molecule has 0 saturated carbocycles. The van der Waals surface area contributed by atoms with Gasteiger partial charge in [-0.2, -0.15) is 0 Å². The lowest BCUT2D eigenvalue weighted by Gasteiger charge is -1.98. The maximum absolute atomic E-state index is 12.6. The van der Waals surface area contributed by atoms with Gasteiger partial charge in [0, 0.05) is 0 Å². The molecule has 1 aliphatic rings. The Bertz CT molecular complexity index is 327. The molecule has 0 nitrogen and oxygen atoms in total. The number of rotatable bonds is 0. The molecule has 11 heavy (non-hydrogen) atoms. The Kier molecular flexibility index (Phi) is 1.28. The lowest BCUT2D eigenvalue weighted by atomic mass is 10.1. The van der Waals surface area contributed by atoms with Crippen molar-refractivity contribution in [3.8, 4) is 0 Å². The van der Waals surface area contributed by atoms with Gasteiger partial charge in [0.2, 0.25) is 0 Å². The van der Waals surface area contributed by atoms with Crippen LogP contribution in [-0.2, 0) is 6.42 Å². The van der Waals surface area contributed by atoms with Gasteiger partial charge in [0.15, 0.2) is 11.6 Å². The molecule has 55 valence electrons. The molecule has 0 bridgehead atoms. The van der Waals surface area contributed by atoms with E-state index >= 15 is 0 Å². The van der Waals surface area contributed by atoms with E-state index in [1.54, 1.807) is 6.08 Å². The van der Waals surface area contributed by atoms with Gasteiger partial charge in [-0.1, -0.05) is 6.08 Å². The molecule has 2 heteroatoms. The van der Waals surface area contributed by atoms with Crippen LogP contribution in [0.5, 0.6) is 0 Å². The molecule has 0 aliphatic heterocycles. The van der Waals surface area contributed by atoms with Crippen molar-refractivity contribution in [2.45, 2.75) is 6.42 Å². The average molecular weight is 151 g/mol. The monoisotopic (exact) mass is 151 g/mol. The SMILES string of the molecule is Fc1cc2c(cc1F)C[C]=C2. The van der Waals surface area contributed by atoms with E-state index in [-0.39, 0.29) is 0 Å². The molecule has 0 spiro atoms. The summed E-state index contributed by atoms with van der Waals surface area (Å²) in [5, 5.41) is 0. The Morgan fingerprint density at radius 2 is 1.91 bits per heavy atom. The topological polar surface area (TPSA) is 0 Å². The highest BCUT2D eigenvalue weighted by molar-refractivity contribution is 5.57. The molecule has 0 atom stereocenters. The zero-order chi connectivity index (χ0) is 7.84. The molecular weight excluding hydrogens is 146 g/mol. The van der Waals surface area contributed by atoms with Crippen molar-refractivity contribution in [1.82, 2.24) is 0 Å². The highest BCUT2D eigenvalue weighted by Gasteiger charge is 2.10. The number of hydrogen-bond acceptors (Lipinski definition) is 0. The van der Waals surface area contributed by atoms with Crippen molar-refractivity contribution in [3.05, 3.63) is 41.0 Å². The predicted molar refractivity (Wildman–Crippen MR) is 37.8 cm³/mol. The fourth-order valence-electron chi connectivity index (χ4n) is 1.16. The van der Waals surface area contributed by atoms with Gasteiger partial charge in [-0.05, 0) is 35.8 Å². The lowest BCUT2D eigenvalue weighted by Crippen LogP contribution is -1.88. The first kappa shape index (κ1) is 6.53. The predicted octanol–water partition coefficient (Wildman–Crippen LogP) is 2.34. The Morgan fingerprint density at radius 3 is 2.73 bits per heavy atom. The van der Waals surface area contributed by atoms with Gasteiger partial charge in [0.25, 0.3) is 0 Å². The molecule has 0 saturated heterocycles. The van der Waals surface area contributed by atoms with Gasteiger partial charge in [0.05, 0.1) is 0 Å². The minimum Gasteiger partial charge on any atom is -0.204 e. The van der Waals surface area contributed by atoms with Crippen molar-refractivity contribution in [2.75, 3.05) is 0 Å². The van der Waals surface area contributed by atoms with Gasteiger partial charge < -0.3 is 0 Å². The summed E-state index contributed by atoms with van der Waals surface area (Å²) in [6.45, 7) is 0. The smallest absolute Gasteiger partial charge is 0.159 e. The van der Waals surface area contributed by atoms with Crippen molar-refractivity contribution in [1.29, 1.82) is 0 Å². The lowest BCUT2D eigenvalue weighted by molar-refractivity contribution is 0.507. The van der Waals surface area contributed by atoms with Gasteiger partial charge in [0.1, 0.15) is 0 Å². The minimum atomic E-state index is -0.788. The minimum absolute atomic E-state index is 0.590. The van der Waals surface area contributed by atoms with E-state index in [0.717, 1.165) is 11.1 Å². The first-order chi connectivity index (χ1) is 5.27. The highest BCUT2D eigenvalue weighted by atomic mass is 19.2. The van der Waals surface area contributed by atoms with Crippen LogP contribution in [0.3, 0.4) is 0 Å². The molecule has 0 amide bonds. The average Bonchev–Trinajstić information content (AvgIpc) is 2.36. The van der Waals surface area contributed by atoms with E-state index < -0.39 is 11.6 Å². The molecule has 0 N–H and O–H groups in total. The second-order valence-corrected chi connectivity index (χ2v) is 2.49. The molecule has 0 aromatic heterocycles. The summed E-state index contributed by atoms with van der Waals surface area (Å²) in [4.78, 5) is 0. The van der Waals surface area contributed by atoms with Crippen LogP contribution in [0.4, 0.5) is 8.78 Å². The van der Waals surface area contributed by atoms with Crippen LogP contribution >= 0.6 is 0 Å². The van der Waals surface area contributed by atoms with Crippen LogP contribution in [0.25, 0.3) is 6.08 Å². The second-order valence-electron chi connectivity index (χ2n) is 2.49. The van der Waals surface area contributed by atoms with Gasteiger partial charge in [-0.15, -0.1) is 0 Å². The number of benzene rings is 1. The quantitative estimate of drug-likeness (QED) is 0.533. The summed E-state index contributed by atoms with van der Waals surface area (Å²) >= 11 is 0. The Morgan fingerprint density at radius 1 is 1.18 bits per heavy atom. The number of fused-ring (bicyclic) bond motifs is 1. The third kappa shape index (κ3) is 0.946. The Hall–Kier alpha value is -1.18. The molecule has 1 aromatic carbocycles. The zero-order valence-corrected chi connectivity index (χ0v) is 5.70. The number of allylic oxidation sites excluding steroid dienone is 1. The summed E-state index contributed by atoms with van der Waals surface area (Å²) < 4.78 is 25.1. The van der Waals surface area contributed by atoms with E-state index in [2.05, 4.69) is 6.08 Å². The molecular formula is C9H5F2. The fourth-order valence-corrected chi connectivity index (χ4v) is 1.16. The maximum Gasteiger partial charge on any atom is 0.159 e. The zero-order valence-electron chi connectivity index (χ0n) is 5.70. The van der Waals surface area contributed by atoms with E-state index in [4.69, 9.17) is 0 Å². The first-order valence-electron chi connectivity index (χ1n) is 3.32. The summed E-state index contributed by atoms with van der Waals surface area (Å²) in [5.41, 5.74) is 1.55. The molecule has 0 heterocycles. The largest absolute Gasteiger partial charge is 0.204 e. The van der Waals surface area contributed by atoms with Gasteiger partial charge >= 0.3 is 0 Å². The van der Waals surface area contributed by atoms with Crippen molar-refractivity contribution >= 4 is 6.08 Å². The molecule has 1 aromatic rings. The van der Waals surface area contributed by atoms with Crippen molar-refractivity contribution in [3.63, 3.8) is 0 Å². The first-order valence-corrected chi connectivity index (χ1v) is 3.32. The van der Waals surface area contributed by atoms with Crippen molar-refractivity contribution in [2.24, 2.45) is 0 Å². The van der Waals surface area contributed by atoms with E-state index in [9.17, 15) is 8.78 Å². The Labute approximate surface area is 63.2 Å². The normalized spacial score (nSPS) is 13.6. The number of hydrogen-bond donors (Lipinski definition) is 0. The standard InChI is InChI=1S/C9H5F2/c10-8-4-6-2-1-3-7(6)5-9(8)11/h2,4-5H,3H2. The maximum atomic E-state index is 12.6. The Balaban J connectivity index is 2.63. The second kappa shape index (κ2) is 2.16. The van der Waals surface area contributed by atoms with E-state index in [1.807, 2.05) is 0 Å². The van der Waals surface area contributed by atoms with E-state index in [0.29, 0.717) is 6.42 Å².